The fraction of sp³-hybridized carbons (Fsp3) is 0.250. The SMILES string of the molecule is CCN(CC(=O)Nc1c(Cl)cccc1Cl)c1ncnc2onc(C)c12. The molecule has 7 nitrogen and oxygen atoms in total. The van der Waals surface area contributed by atoms with Crippen LogP contribution in [0.2, 0.25) is 10.0 Å². The number of carbonyl (C=O) groups excluding carboxylic acids is 1. The third-order valence-corrected chi connectivity index (χ3v) is 4.30. The van der Waals surface area contributed by atoms with Crippen molar-refractivity contribution in [1.29, 1.82) is 0 Å². The molecule has 130 valence electrons. The van der Waals surface area contributed by atoms with Gasteiger partial charge in [0, 0.05) is 6.54 Å². The highest BCUT2D eigenvalue weighted by Crippen LogP contribution is 2.30. The minimum Gasteiger partial charge on any atom is -0.347 e. The van der Waals surface area contributed by atoms with Crippen molar-refractivity contribution in [3.63, 3.8) is 0 Å². The van der Waals surface area contributed by atoms with E-state index in [-0.39, 0.29) is 12.5 Å². The molecule has 25 heavy (non-hydrogen) atoms. The van der Waals surface area contributed by atoms with Gasteiger partial charge in [0.05, 0.1) is 28.0 Å². The zero-order valence-corrected chi connectivity index (χ0v) is 15.1. The van der Waals surface area contributed by atoms with Gasteiger partial charge in [-0.3, -0.25) is 4.79 Å². The number of hydrogen-bond acceptors (Lipinski definition) is 6. The van der Waals surface area contributed by atoms with Gasteiger partial charge in [-0.05, 0) is 26.0 Å². The third-order valence-electron chi connectivity index (χ3n) is 3.67. The molecule has 0 saturated carbocycles. The lowest BCUT2D eigenvalue weighted by atomic mass is 10.2. The predicted octanol–water partition coefficient (Wildman–Crippen LogP) is 3.70. The van der Waals surface area contributed by atoms with Gasteiger partial charge in [0.2, 0.25) is 5.91 Å². The summed E-state index contributed by atoms with van der Waals surface area (Å²) < 4.78 is 5.15. The lowest BCUT2D eigenvalue weighted by molar-refractivity contribution is -0.115. The van der Waals surface area contributed by atoms with Gasteiger partial charge < -0.3 is 14.7 Å². The summed E-state index contributed by atoms with van der Waals surface area (Å²) in [4.78, 5) is 22.6. The maximum absolute atomic E-state index is 12.5. The Morgan fingerprint density at radius 1 is 1.28 bits per heavy atom. The van der Waals surface area contributed by atoms with Crippen molar-refractivity contribution in [2.75, 3.05) is 23.3 Å². The molecule has 0 spiro atoms. The first-order chi connectivity index (χ1) is 12.0. The summed E-state index contributed by atoms with van der Waals surface area (Å²) >= 11 is 12.2. The van der Waals surface area contributed by atoms with E-state index < -0.39 is 0 Å². The zero-order valence-electron chi connectivity index (χ0n) is 13.6. The number of nitrogens with one attached hydrogen (secondary N) is 1. The number of aryl methyl sites for hydroxylation is 1. The minimum absolute atomic E-state index is 0.0643. The smallest absolute Gasteiger partial charge is 0.263 e. The molecule has 3 rings (SSSR count). The van der Waals surface area contributed by atoms with E-state index in [1.54, 1.807) is 30.0 Å². The van der Waals surface area contributed by atoms with Crippen LogP contribution in [0.1, 0.15) is 12.6 Å². The van der Waals surface area contributed by atoms with E-state index in [2.05, 4.69) is 20.4 Å². The molecule has 0 aliphatic carbocycles. The van der Waals surface area contributed by atoms with Gasteiger partial charge in [0.15, 0.2) is 0 Å². The van der Waals surface area contributed by atoms with E-state index in [4.69, 9.17) is 27.7 Å². The molecule has 0 aliphatic rings. The number of halogens is 2. The van der Waals surface area contributed by atoms with Crippen molar-refractivity contribution in [1.82, 2.24) is 15.1 Å². The van der Waals surface area contributed by atoms with Gasteiger partial charge in [-0.15, -0.1) is 0 Å². The Balaban J connectivity index is 1.84. The topological polar surface area (TPSA) is 84.2 Å². The summed E-state index contributed by atoms with van der Waals surface area (Å²) in [5.74, 6) is 0.323. The maximum Gasteiger partial charge on any atom is 0.263 e. The maximum atomic E-state index is 12.5. The van der Waals surface area contributed by atoms with Crippen LogP contribution in [-0.2, 0) is 4.79 Å². The van der Waals surface area contributed by atoms with Crippen LogP contribution in [0.5, 0.6) is 0 Å². The summed E-state index contributed by atoms with van der Waals surface area (Å²) in [6, 6.07) is 5.04. The first-order valence-corrected chi connectivity index (χ1v) is 8.32. The number of carbonyl (C=O) groups is 1. The molecular formula is C16H15Cl2N5O2. The Bertz CT molecular complexity index is 908. The second-order valence-corrected chi connectivity index (χ2v) is 6.12. The van der Waals surface area contributed by atoms with Gasteiger partial charge >= 0.3 is 0 Å². The lowest BCUT2D eigenvalue weighted by Crippen LogP contribution is -2.34. The van der Waals surface area contributed by atoms with E-state index >= 15 is 0 Å². The molecule has 0 fully saturated rings. The number of anilines is 2. The van der Waals surface area contributed by atoms with Crippen molar-refractivity contribution in [3.05, 3.63) is 40.3 Å². The van der Waals surface area contributed by atoms with Crippen molar-refractivity contribution in [2.24, 2.45) is 0 Å². The Morgan fingerprint density at radius 3 is 2.68 bits per heavy atom. The van der Waals surface area contributed by atoms with E-state index in [1.807, 2.05) is 6.92 Å². The van der Waals surface area contributed by atoms with Crippen LogP contribution in [0.3, 0.4) is 0 Å². The number of benzene rings is 1. The number of aromatic nitrogens is 3. The first-order valence-electron chi connectivity index (χ1n) is 7.57. The van der Waals surface area contributed by atoms with Gasteiger partial charge in [-0.2, -0.15) is 4.98 Å². The van der Waals surface area contributed by atoms with Gasteiger partial charge in [-0.1, -0.05) is 34.4 Å². The quantitative estimate of drug-likeness (QED) is 0.727. The van der Waals surface area contributed by atoms with Crippen LogP contribution in [0, 0.1) is 6.92 Å². The summed E-state index contributed by atoms with van der Waals surface area (Å²) in [5.41, 5.74) is 1.44. The van der Waals surface area contributed by atoms with Crippen LogP contribution < -0.4 is 10.2 Å². The summed E-state index contributed by atoms with van der Waals surface area (Å²) in [5, 5.41) is 8.09. The van der Waals surface area contributed by atoms with Crippen LogP contribution in [0.25, 0.3) is 11.1 Å². The molecule has 3 aromatic rings. The Labute approximate surface area is 153 Å². The van der Waals surface area contributed by atoms with Crippen molar-refractivity contribution >= 4 is 51.7 Å². The third kappa shape index (κ3) is 3.52. The molecule has 1 N–H and O–H groups in total. The van der Waals surface area contributed by atoms with Crippen molar-refractivity contribution in [2.45, 2.75) is 13.8 Å². The summed E-state index contributed by atoms with van der Waals surface area (Å²) in [7, 11) is 0. The van der Waals surface area contributed by atoms with Crippen molar-refractivity contribution < 1.29 is 9.32 Å². The van der Waals surface area contributed by atoms with E-state index in [0.29, 0.717) is 44.9 Å². The molecule has 0 radical (unpaired) electrons. The highest BCUT2D eigenvalue weighted by atomic mass is 35.5. The Kier molecular flexibility index (Phi) is 5.06. The predicted molar refractivity (Wildman–Crippen MR) is 97.3 cm³/mol. The standard InChI is InChI=1S/C16H15Cl2N5O2/c1-3-23(15-13-9(2)22-25-16(13)20-8-19-15)7-12(24)21-14-10(17)5-4-6-11(14)18/h4-6,8H,3,7H2,1-2H3,(H,21,24). The van der Waals surface area contributed by atoms with Crippen LogP contribution in [0.4, 0.5) is 11.5 Å². The van der Waals surface area contributed by atoms with Crippen LogP contribution in [0.15, 0.2) is 29.0 Å². The number of likely N-dealkylation sites (N-methyl/N-ethyl adjacent to an activating group) is 1. The molecule has 0 aliphatic heterocycles. The minimum atomic E-state index is -0.266. The zero-order chi connectivity index (χ0) is 18.0. The number of amides is 1. The number of rotatable bonds is 5. The molecular weight excluding hydrogens is 365 g/mol. The largest absolute Gasteiger partial charge is 0.347 e. The molecule has 1 amide bonds. The normalized spacial score (nSPS) is 10.9. The fourth-order valence-electron chi connectivity index (χ4n) is 2.45. The molecule has 0 saturated heterocycles. The lowest BCUT2D eigenvalue weighted by Gasteiger charge is -2.22. The van der Waals surface area contributed by atoms with Gasteiger partial charge in [0.1, 0.15) is 17.5 Å². The molecule has 2 heterocycles. The summed E-state index contributed by atoms with van der Waals surface area (Å²) in [6.07, 6.45) is 1.38. The van der Waals surface area contributed by atoms with Gasteiger partial charge in [0.25, 0.3) is 5.71 Å². The molecule has 2 aromatic heterocycles. The number of nitrogens with zero attached hydrogens (tertiary/aromatic N) is 4. The second-order valence-electron chi connectivity index (χ2n) is 5.30. The molecule has 0 atom stereocenters. The highest BCUT2D eigenvalue weighted by Gasteiger charge is 2.19. The molecule has 0 bridgehead atoms. The fourth-order valence-corrected chi connectivity index (χ4v) is 2.94. The van der Waals surface area contributed by atoms with Crippen molar-refractivity contribution in [3.8, 4) is 0 Å². The number of hydrogen-bond donors (Lipinski definition) is 1. The van der Waals surface area contributed by atoms with E-state index in [9.17, 15) is 4.79 Å². The monoisotopic (exact) mass is 379 g/mol. The second kappa shape index (κ2) is 7.25. The average Bonchev–Trinajstić information content (AvgIpc) is 2.98. The van der Waals surface area contributed by atoms with Crippen LogP contribution in [-0.4, -0.2) is 34.1 Å². The first kappa shape index (κ1) is 17.4. The number of fused-ring (bicyclic) bond motifs is 1. The summed E-state index contributed by atoms with van der Waals surface area (Å²) in [6.45, 7) is 4.35. The van der Waals surface area contributed by atoms with Gasteiger partial charge in [-0.25, -0.2) is 4.98 Å². The average molecular weight is 380 g/mol. The molecule has 0 unspecified atom stereocenters. The Morgan fingerprint density at radius 2 is 2.00 bits per heavy atom. The molecule has 9 heteroatoms. The van der Waals surface area contributed by atoms with E-state index in [0.717, 1.165) is 0 Å². The van der Waals surface area contributed by atoms with Crippen LogP contribution >= 0.6 is 23.2 Å². The van der Waals surface area contributed by atoms with E-state index in [1.165, 1.54) is 6.33 Å². The highest BCUT2D eigenvalue weighted by molar-refractivity contribution is 6.39. The number of para-hydroxylation sites is 1. The Hall–Kier alpha value is -2.38. The molecule has 1 aromatic carbocycles.